The third-order valence-electron chi connectivity index (χ3n) is 11.2. The van der Waals surface area contributed by atoms with Crippen molar-refractivity contribution in [2.45, 2.75) is 86.8 Å². The summed E-state index contributed by atoms with van der Waals surface area (Å²) in [5.74, 6) is 0.480. The molecule has 7 nitrogen and oxygen atoms in total. The predicted octanol–water partition coefficient (Wildman–Crippen LogP) is 9.18. The summed E-state index contributed by atoms with van der Waals surface area (Å²) >= 11 is 2.52. The normalized spacial score (nSPS) is 25.9. The van der Waals surface area contributed by atoms with E-state index in [9.17, 15) is 20.1 Å². The van der Waals surface area contributed by atoms with E-state index >= 15 is 0 Å². The van der Waals surface area contributed by atoms with Crippen LogP contribution in [0.4, 0.5) is 5.69 Å². The van der Waals surface area contributed by atoms with Crippen LogP contribution in [0.5, 0.6) is 11.5 Å². The van der Waals surface area contributed by atoms with Gasteiger partial charge in [0.1, 0.15) is 17.7 Å². The number of carbonyl (C=O) groups excluding carboxylic acids is 2. The molecule has 3 aromatic carbocycles. The Hall–Kier alpha value is -4.18. The van der Waals surface area contributed by atoms with Crippen molar-refractivity contribution in [3.63, 3.8) is 0 Å². The molecule has 9 rings (SSSR count). The second-order valence-electron chi connectivity index (χ2n) is 14.4. The number of rotatable bonds is 4. The minimum atomic E-state index is -0.327. The third-order valence-corrected chi connectivity index (χ3v) is 13.8. The maximum Gasteiger partial charge on any atom is 0.314 e. The zero-order valence-electron chi connectivity index (χ0n) is 27.6. The minimum Gasteiger partial charge on any atom is -0.425 e. The van der Waals surface area contributed by atoms with Crippen molar-refractivity contribution in [1.82, 2.24) is 0 Å². The fourth-order valence-electron chi connectivity index (χ4n) is 8.54. The van der Waals surface area contributed by atoms with Crippen LogP contribution in [0.1, 0.15) is 110 Å². The molecule has 0 aromatic heterocycles. The van der Waals surface area contributed by atoms with Gasteiger partial charge in [-0.15, -0.1) is 0 Å². The number of benzene rings is 3. The number of esters is 2. The number of nitrogens with zero attached hydrogens (tertiary/aromatic N) is 2. The highest BCUT2D eigenvalue weighted by Gasteiger charge is 2.49. The number of hydrogen-bond acceptors (Lipinski definition) is 9. The van der Waals surface area contributed by atoms with Crippen LogP contribution < -0.4 is 15.2 Å². The van der Waals surface area contributed by atoms with Crippen molar-refractivity contribution < 1.29 is 19.1 Å². The molecule has 5 aliphatic carbocycles. The molecule has 248 valence electrons. The summed E-state index contributed by atoms with van der Waals surface area (Å²) in [6.45, 7) is 4.45. The highest BCUT2D eigenvalue weighted by Crippen LogP contribution is 2.68. The number of allylic oxidation sites excluding steroid dienone is 1. The molecule has 2 N–H and O–H groups in total. The van der Waals surface area contributed by atoms with Gasteiger partial charge in [0.2, 0.25) is 0 Å². The van der Waals surface area contributed by atoms with Crippen LogP contribution in [-0.2, 0) is 9.59 Å². The van der Waals surface area contributed by atoms with Crippen LogP contribution in [-0.4, -0.2) is 11.9 Å². The first-order chi connectivity index (χ1) is 23.8. The van der Waals surface area contributed by atoms with Crippen molar-refractivity contribution in [2.24, 2.45) is 23.7 Å². The summed E-state index contributed by atoms with van der Waals surface area (Å²) in [4.78, 5) is 29.4. The van der Waals surface area contributed by atoms with Gasteiger partial charge in [-0.05, 0) is 97.6 Å². The summed E-state index contributed by atoms with van der Waals surface area (Å²) in [7, 11) is 0. The summed E-state index contributed by atoms with van der Waals surface area (Å²) in [6, 6.07) is 18.4. The first kappa shape index (κ1) is 32.0. The summed E-state index contributed by atoms with van der Waals surface area (Å²) in [5.41, 5.74) is 13.0. The van der Waals surface area contributed by atoms with Gasteiger partial charge in [0.05, 0.1) is 25.9 Å². The molecule has 1 heterocycles. The van der Waals surface area contributed by atoms with Gasteiger partial charge in [0.15, 0.2) is 11.5 Å². The van der Waals surface area contributed by atoms with E-state index in [1.807, 2.05) is 36.4 Å². The molecule has 6 aliphatic rings. The molecule has 0 spiro atoms. The van der Waals surface area contributed by atoms with Crippen molar-refractivity contribution in [2.75, 3.05) is 5.73 Å². The minimum absolute atomic E-state index is 0.0245. The van der Waals surface area contributed by atoms with Crippen molar-refractivity contribution >= 4 is 41.1 Å². The van der Waals surface area contributed by atoms with E-state index in [2.05, 4.69) is 32.0 Å². The smallest absolute Gasteiger partial charge is 0.314 e. The lowest BCUT2D eigenvalue weighted by Gasteiger charge is -2.44. The Morgan fingerprint density at radius 2 is 1.14 bits per heavy atom. The van der Waals surface area contributed by atoms with E-state index in [0.29, 0.717) is 43.1 Å². The lowest BCUT2D eigenvalue weighted by Crippen LogP contribution is -2.32. The number of carbonyl (C=O) groups is 2. The quantitative estimate of drug-likeness (QED) is 0.0852. The van der Waals surface area contributed by atoms with Crippen LogP contribution in [0.2, 0.25) is 0 Å². The Morgan fingerprint density at radius 1 is 0.694 bits per heavy atom. The van der Waals surface area contributed by atoms with Crippen molar-refractivity contribution in [3.8, 4) is 23.6 Å². The molecule has 49 heavy (non-hydrogen) atoms. The van der Waals surface area contributed by atoms with Crippen LogP contribution >= 0.6 is 23.5 Å². The van der Waals surface area contributed by atoms with E-state index in [4.69, 9.17) is 15.2 Å². The van der Waals surface area contributed by atoms with Crippen LogP contribution in [0.25, 0.3) is 0 Å². The zero-order valence-corrected chi connectivity index (χ0v) is 29.2. The van der Waals surface area contributed by atoms with Crippen molar-refractivity contribution in [3.05, 3.63) is 85.7 Å². The number of nitrogen functional groups attached to an aromatic ring is 1. The van der Waals surface area contributed by atoms with Gasteiger partial charge in [-0.1, -0.05) is 67.7 Å². The topological polar surface area (TPSA) is 126 Å². The number of fused-ring (bicyclic) bond motifs is 1. The fourth-order valence-corrected chi connectivity index (χ4v) is 11.1. The van der Waals surface area contributed by atoms with Crippen LogP contribution in [0.15, 0.2) is 62.1 Å². The Labute approximate surface area is 295 Å². The molecule has 2 bridgehead atoms. The maximum absolute atomic E-state index is 14.1. The molecule has 3 aromatic rings. The largest absolute Gasteiger partial charge is 0.425 e. The third kappa shape index (κ3) is 5.34. The molecule has 2 unspecified atom stereocenters. The SMILES string of the molecule is CC1CCC(C(=O)Oc2c3c(c(OC(=O)C4CCC(C)CC4)c4c2C2c5ccccc5C4c4cc(N)ccc42)SC(=C(C#N)C#N)S3)CC1. The molecular weight excluding hydrogens is 651 g/mol. The fraction of sp³-hybridized carbons (Fsp3) is 0.400. The van der Waals surface area contributed by atoms with E-state index in [1.165, 1.54) is 23.5 Å². The van der Waals surface area contributed by atoms with Gasteiger partial charge in [-0.25, -0.2) is 0 Å². The number of thioether (sulfide) groups is 2. The lowest BCUT2D eigenvalue weighted by molar-refractivity contribution is -0.141. The number of hydrogen-bond donors (Lipinski definition) is 1. The number of nitriles is 2. The lowest BCUT2D eigenvalue weighted by atomic mass is 9.60. The molecule has 0 saturated heterocycles. The summed E-state index contributed by atoms with van der Waals surface area (Å²) in [5, 5.41) is 19.8. The summed E-state index contributed by atoms with van der Waals surface area (Å²) in [6.07, 6.45) is 6.99. The highest BCUT2D eigenvalue weighted by atomic mass is 32.2. The van der Waals surface area contributed by atoms with Gasteiger partial charge in [0.25, 0.3) is 0 Å². The average molecular weight is 688 g/mol. The summed E-state index contributed by atoms with van der Waals surface area (Å²) < 4.78 is 13.7. The molecule has 9 heteroatoms. The van der Waals surface area contributed by atoms with E-state index in [1.54, 1.807) is 0 Å². The maximum atomic E-state index is 14.1. The molecule has 2 saturated carbocycles. The Bertz CT molecular complexity index is 2010. The molecule has 2 atom stereocenters. The van der Waals surface area contributed by atoms with E-state index in [-0.39, 0.29) is 41.2 Å². The average Bonchev–Trinajstić information content (AvgIpc) is 3.55. The van der Waals surface area contributed by atoms with E-state index < -0.39 is 0 Å². The second-order valence-corrected chi connectivity index (χ2v) is 16.7. The van der Waals surface area contributed by atoms with Crippen molar-refractivity contribution in [1.29, 1.82) is 10.5 Å². The van der Waals surface area contributed by atoms with Gasteiger partial charge >= 0.3 is 11.9 Å². The first-order valence-corrected chi connectivity index (χ1v) is 19.0. The Morgan fingerprint density at radius 3 is 1.61 bits per heavy atom. The molecule has 1 aliphatic heterocycles. The van der Waals surface area contributed by atoms with Gasteiger partial charge in [0, 0.05) is 28.7 Å². The van der Waals surface area contributed by atoms with Gasteiger partial charge in [-0.2, -0.15) is 10.5 Å². The number of nitrogens with two attached hydrogens (primary N) is 1. The molecule has 0 amide bonds. The first-order valence-electron chi connectivity index (χ1n) is 17.3. The highest BCUT2D eigenvalue weighted by molar-refractivity contribution is 8.24. The molecular formula is C40H37N3O4S2. The monoisotopic (exact) mass is 687 g/mol. The predicted molar refractivity (Wildman–Crippen MR) is 189 cm³/mol. The number of anilines is 1. The number of ether oxygens (including phenoxy) is 2. The second kappa shape index (κ2) is 12.6. The molecule has 0 radical (unpaired) electrons. The van der Waals surface area contributed by atoms with Gasteiger partial charge in [-0.3, -0.25) is 9.59 Å². The molecule has 2 fully saturated rings. The van der Waals surface area contributed by atoms with E-state index in [0.717, 1.165) is 84.7 Å². The zero-order chi connectivity index (χ0) is 34.0. The Kier molecular flexibility index (Phi) is 8.25. The van der Waals surface area contributed by atoms with Gasteiger partial charge < -0.3 is 15.2 Å². The Balaban J connectivity index is 1.37. The van der Waals surface area contributed by atoms with Crippen LogP contribution in [0, 0.1) is 46.3 Å². The standard InChI is InChI=1S/C40H37N3O4S2/c1-20-7-11-22(12-8-20)38(44)46-34-32-30-26-5-3-4-6-27(26)31(29-17-25(43)15-16-28(29)30)33(32)35(47-39(45)23-13-9-21(2)10-14-23)37-36(34)48-40(49-37)24(18-41)19-42/h3-6,15-17,20-23,30-31H,7-14,43H2,1-2H3. The van der Waals surface area contributed by atoms with Crippen LogP contribution in [0.3, 0.4) is 0 Å².